The Labute approximate surface area is 188 Å². The highest BCUT2D eigenvalue weighted by molar-refractivity contribution is 6.00. The molecule has 0 unspecified atom stereocenters. The van der Waals surface area contributed by atoms with Crippen LogP contribution in [0.2, 0.25) is 0 Å². The van der Waals surface area contributed by atoms with E-state index in [1.807, 2.05) is 0 Å². The van der Waals surface area contributed by atoms with Crippen molar-refractivity contribution in [2.24, 2.45) is 0 Å². The average Bonchev–Trinajstić information content (AvgIpc) is 3.19. The van der Waals surface area contributed by atoms with Crippen LogP contribution in [-0.4, -0.2) is 55.0 Å². The number of carbonyl (C=O) groups is 1. The van der Waals surface area contributed by atoms with Crippen LogP contribution in [-0.2, 0) is 0 Å². The minimum atomic E-state index is -0.926. The quantitative estimate of drug-likeness (QED) is 0.448. The molecule has 2 aliphatic carbocycles. The van der Waals surface area contributed by atoms with Crippen LogP contribution in [0.3, 0.4) is 0 Å². The first-order chi connectivity index (χ1) is 15.8. The number of hydrogen-bond acceptors (Lipinski definition) is 7. The Hall–Kier alpha value is -3.47. The van der Waals surface area contributed by atoms with Gasteiger partial charge in [-0.3, -0.25) is 9.59 Å². The fraction of sp³-hybridized carbons (Fsp3) is 0.455. The van der Waals surface area contributed by atoms with E-state index < -0.39 is 11.8 Å². The standard InChI is InChI=1S/C22H26FN7O3/c1-22(33)6-5-16(22)27-20(31)14-11-25-30-18(24-2)10-17(28-19(14)30)26-15-4-3-7-29(21(15)32)13-8-12(23)9-13/h3-4,7,10-13,16,24,33H,5-6,8-9H2,1-2H3,(H,26,28)(H,27,31)/t12-,13-,16-,22-/m1/s1. The number of pyridine rings is 1. The van der Waals surface area contributed by atoms with E-state index in [0.717, 1.165) is 0 Å². The number of alkyl halides is 1. The lowest BCUT2D eigenvalue weighted by atomic mass is 9.76. The maximum Gasteiger partial charge on any atom is 0.274 e. The number of amides is 1. The van der Waals surface area contributed by atoms with E-state index in [0.29, 0.717) is 48.7 Å². The third-order valence-corrected chi connectivity index (χ3v) is 6.65. The SMILES string of the molecule is CNc1cc(Nc2cccn([C@H]3C[C@H](F)C3)c2=O)nc2c(C(=O)N[C@@H]3CC[C@@]3(C)O)cnn12. The molecule has 0 bridgehead atoms. The lowest BCUT2D eigenvalue weighted by Gasteiger charge is -2.42. The molecule has 3 aromatic heterocycles. The summed E-state index contributed by atoms with van der Waals surface area (Å²) in [6, 6.07) is 4.57. The smallest absolute Gasteiger partial charge is 0.274 e. The Bertz CT molecular complexity index is 1280. The number of nitrogens with zero attached hydrogens (tertiary/aromatic N) is 4. The zero-order chi connectivity index (χ0) is 23.3. The summed E-state index contributed by atoms with van der Waals surface area (Å²) in [7, 11) is 1.71. The number of hydrogen-bond donors (Lipinski definition) is 4. The van der Waals surface area contributed by atoms with E-state index in [1.54, 1.807) is 38.4 Å². The molecule has 1 amide bonds. The van der Waals surface area contributed by atoms with Crippen LogP contribution < -0.4 is 21.5 Å². The van der Waals surface area contributed by atoms with Gasteiger partial charge in [0.1, 0.15) is 29.1 Å². The first-order valence-electron chi connectivity index (χ1n) is 11.0. The number of halogens is 1. The van der Waals surface area contributed by atoms with Gasteiger partial charge in [-0.2, -0.15) is 9.61 Å². The highest BCUT2D eigenvalue weighted by Crippen LogP contribution is 2.34. The van der Waals surface area contributed by atoms with Gasteiger partial charge in [0.25, 0.3) is 11.5 Å². The van der Waals surface area contributed by atoms with Crippen molar-refractivity contribution < 1.29 is 14.3 Å². The summed E-state index contributed by atoms with van der Waals surface area (Å²) < 4.78 is 16.3. The van der Waals surface area contributed by atoms with E-state index >= 15 is 0 Å². The number of anilines is 3. The highest BCUT2D eigenvalue weighted by Gasteiger charge is 2.42. The van der Waals surface area contributed by atoms with E-state index in [-0.39, 0.29) is 29.1 Å². The molecule has 0 saturated heterocycles. The molecule has 3 heterocycles. The topological polar surface area (TPSA) is 126 Å². The molecule has 0 spiro atoms. The van der Waals surface area contributed by atoms with Crippen LogP contribution in [0.4, 0.5) is 21.7 Å². The van der Waals surface area contributed by atoms with Gasteiger partial charge in [0.2, 0.25) is 0 Å². The van der Waals surface area contributed by atoms with Crippen LogP contribution in [0.5, 0.6) is 0 Å². The molecular weight excluding hydrogens is 429 g/mol. The Balaban J connectivity index is 1.46. The second-order valence-corrected chi connectivity index (χ2v) is 8.97. The molecule has 2 saturated carbocycles. The zero-order valence-electron chi connectivity index (χ0n) is 18.4. The number of aromatic nitrogens is 4. The minimum absolute atomic E-state index is 0.147. The first-order valence-corrected chi connectivity index (χ1v) is 11.0. The monoisotopic (exact) mass is 455 g/mol. The number of carbonyl (C=O) groups excluding carboxylic acids is 1. The van der Waals surface area contributed by atoms with Gasteiger partial charge in [-0.1, -0.05) is 0 Å². The Morgan fingerprint density at radius 2 is 2.15 bits per heavy atom. The molecule has 33 heavy (non-hydrogen) atoms. The molecule has 0 aromatic carbocycles. The van der Waals surface area contributed by atoms with Crippen molar-refractivity contribution in [1.29, 1.82) is 0 Å². The van der Waals surface area contributed by atoms with Crippen molar-refractivity contribution in [1.82, 2.24) is 24.5 Å². The van der Waals surface area contributed by atoms with Gasteiger partial charge in [0.15, 0.2) is 5.65 Å². The summed E-state index contributed by atoms with van der Waals surface area (Å²) in [6.07, 6.45) is 4.22. The Morgan fingerprint density at radius 1 is 1.36 bits per heavy atom. The number of nitrogens with one attached hydrogen (secondary N) is 3. The van der Waals surface area contributed by atoms with Gasteiger partial charge in [-0.05, 0) is 44.7 Å². The summed E-state index contributed by atoms with van der Waals surface area (Å²) in [5.74, 6) is 0.533. The van der Waals surface area contributed by atoms with Gasteiger partial charge in [-0.25, -0.2) is 9.37 Å². The molecule has 3 aromatic rings. The summed E-state index contributed by atoms with van der Waals surface area (Å²) in [5, 5.41) is 23.4. The molecule has 11 heteroatoms. The fourth-order valence-electron chi connectivity index (χ4n) is 4.31. The van der Waals surface area contributed by atoms with Crippen LogP contribution in [0.25, 0.3) is 5.65 Å². The fourth-order valence-corrected chi connectivity index (χ4v) is 4.31. The van der Waals surface area contributed by atoms with Crippen molar-refractivity contribution in [2.75, 3.05) is 17.7 Å². The maximum atomic E-state index is 13.3. The molecule has 0 radical (unpaired) electrons. The van der Waals surface area contributed by atoms with Crippen LogP contribution in [0, 0.1) is 0 Å². The van der Waals surface area contributed by atoms with E-state index in [9.17, 15) is 19.1 Å². The Morgan fingerprint density at radius 3 is 2.79 bits per heavy atom. The summed E-state index contributed by atoms with van der Waals surface area (Å²) in [4.78, 5) is 30.3. The molecule has 10 nitrogen and oxygen atoms in total. The molecule has 0 aliphatic heterocycles. The molecule has 174 valence electrons. The molecule has 2 fully saturated rings. The molecule has 2 aliphatic rings. The average molecular weight is 455 g/mol. The summed E-state index contributed by atoms with van der Waals surface area (Å²) in [6.45, 7) is 1.70. The lowest BCUT2D eigenvalue weighted by Crippen LogP contribution is -2.58. The lowest BCUT2D eigenvalue weighted by molar-refractivity contribution is -0.0486. The number of fused-ring (bicyclic) bond motifs is 1. The van der Waals surface area contributed by atoms with Crippen molar-refractivity contribution in [2.45, 2.75) is 56.5 Å². The third kappa shape index (κ3) is 3.71. The van der Waals surface area contributed by atoms with Crippen molar-refractivity contribution in [3.05, 3.63) is 46.5 Å². The van der Waals surface area contributed by atoms with Gasteiger partial charge in [-0.15, -0.1) is 0 Å². The maximum absolute atomic E-state index is 13.3. The molecule has 5 rings (SSSR count). The number of aliphatic hydroxyl groups is 1. The summed E-state index contributed by atoms with van der Waals surface area (Å²) in [5.41, 5.74) is -0.330. The predicted molar refractivity (Wildman–Crippen MR) is 121 cm³/mol. The predicted octanol–water partition coefficient (Wildman–Crippen LogP) is 1.99. The van der Waals surface area contributed by atoms with Gasteiger partial charge >= 0.3 is 0 Å². The van der Waals surface area contributed by atoms with Crippen LogP contribution in [0.15, 0.2) is 35.4 Å². The first kappa shape index (κ1) is 21.4. The largest absolute Gasteiger partial charge is 0.388 e. The van der Waals surface area contributed by atoms with E-state index in [4.69, 9.17) is 0 Å². The van der Waals surface area contributed by atoms with E-state index in [2.05, 4.69) is 26.0 Å². The van der Waals surface area contributed by atoms with Gasteiger partial charge in [0, 0.05) is 25.4 Å². The van der Waals surface area contributed by atoms with Crippen molar-refractivity contribution in [3.63, 3.8) is 0 Å². The van der Waals surface area contributed by atoms with Crippen molar-refractivity contribution >= 4 is 28.9 Å². The number of rotatable bonds is 6. The van der Waals surface area contributed by atoms with Gasteiger partial charge < -0.3 is 25.6 Å². The third-order valence-electron chi connectivity index (χ3n) is 6.65. The molecule has 2 atom stereocenters. The van der Waals surface area contributed by atoms with Crippen molar-refractivity contribution in [3.8, 4) is 0 Å². The van der Waals surface area contributed by atoms with Crippen LogP contribution in [0.1, 0.15) is 49.0 Å². The zero-order valence-corrected chi connectivity index (χ0v) is 18.4. The van der Waals surface area contributed by atoms with Crippen LogP contribution >= 0.6 is 0 Å². The minimum Gasteiger partial charge on any atom is -0.388 e. The normalized spacial score (nSPS) is 26.4. The highest BCUT2D eigenvalue weighted by atomic mass is 19.1. The Kier molecular flexibility index (Phi) is 5.08. The molecular formula is C22H26FN7O3. The summed E-state index contributed by atoms with van der Waals surface area (Å²) >= 11 is 0. The van der Waals surface area contributed by atoms with Gasteiger partial charge in [0.05, 0.1) is 17.8 Å². The van der Waals surface area contributed by atoms with E-state index in [1.165, 1.54) is 15.3 Å². The second-order valence-electron chi connectivity index (χ2n) is 8.97. The molecule has 4 N–H and O–H groups in total. The second kappa shape index (κ2) is 7.84.